The van der Waals surface area contributed by atoms with Gasteiger partial charge in [-0.05, 0) is 52.4 Å². The molecule has 2 rings (SSSR count). The highest BCUT2D eigenvalue weighted by Gasteiger charge is 2.39. The minimum atomic E-state index is 0.663. The van der Waals surface area contributed by atoms with Crippen molar-refractivity contribution in [1.82, 2.24) is 4.90 Å². The molecule has 0 radical (unpaired) electrons. The summed E-state index contributed by atoms with van der Waals surface area (Å²) >= 11 is 0. The van der Waals surface area contributed by atoms with Gasteiger partial charge in [0.15, 0.2) is 0 Å². The van der Waals surface area contributed by atoms with Gasteiger partial charge in [0, 0.05) is 18.1 Å². The van der Waals surface area contributed by atoms with Gasteiger partial charge in [-0.25, -0.2) is 0 Å². The second kappa shape index (κ2) is 6.43. The van der Waals surface area contributed by atoms with E-state index in [9.17, 15) is 0 Å². The molecule has 0 saturated heterocycles. The van der Waals surface area contributed by atoms with Crippen LogP contribution in [0.1, 0.15) is 79.6 Å². The second-order valence-electron chi connectivity index (χ2n) is 6.77. The molecule has 0 bridgehead atoms. The zero-order valence-corrected chi connectivity index (χ0v) is 13.7. The predicted octanol–water partition coefficient (Wildman–Crippen LogP) is 5.16. The van der Waals surface area contributed by atoms with Crippen LogP contribution in [0.3, 0.4) is 0 Å². The molecule has 1 fully saturated rings. The van der Waals surface area contributed by atoms with Crippen LogP contribution in [0.15, 0.2) is 11.1 Å². The van der Waals surface area contributed by atoms with Crippen molar-refractivity contribution in [3.63, 3.8) is 0 Å². The topological polar surface area (TPSA) is 3.24 Å². The molecule has 1 heteroatoms. The van der Waals surface area contributed by atoms with Gasteiger partial charge in [-0.3, -0.25) is 4.90 Å². The van der Waals surface area contributed by atoms with Gasteiger partial charge in [0.2, 0.25) is 0 Å². The van der Waals surface area contributed by atoms with Crippen molar-refractivity contribution >= 4 is 0 Å². The lowest BCUT2D eigenvalue weighted by Gasteiger charge is -2.51. The first kappa shape index (κ1) is 15.1. The third-order valence-electron chi connectivity index (χ3n) is 5.95. The molecule has 1 nitrogen and oxygen atoms in total. The Labute approximate surface area is 120 Å². The summed E-state index contributed by atoms with van der Waals surface area (Å²) in [6, 6.07) is 2.30. The van der Waals surface area contributed by atoms with E-state index in [1.165, 1.54) is 44.9 Å². The molecular formula is C18H33N. The Hall–Kier alpha value is -0.300. The zero-order chi connectivity index (χ0) is 14.0. The number of rotatable bonds is 3. The van der Waals surface area contributed by atoms with Gasteiger partial charge >= 0.3 is 0 Å². The van der Waals surface area contributed by atoms with Crippen LogP contribution in [-0.4, -0.2) is 23.0 Å². The molecule has 0 aromatic heterocycles. The molecule has 1 aliphatic heterocycles. The fourth-order valence-corrected chi connectivity index (χ4v) is 4.67. The van der Waals surface area contributed by atoms with E-state index in [2.05, 4.69) is 39.5 Å². The third-order valence-corrected chi connectivity index (χ3v) is 5.95. The average Bonchev–Trinajstić information content (AvgIpc) is 2.45. The lowest BCUT2D eigenvalue weighted by atomic mass is 9.76. The molecule has 19 heavy (non-hydrogen) atoms. The van der Waals surface area contributed by atoms with E-state index >= 15 is 0 Å². The SMILES string of the molecule is CC[C@@H]1C(C)=C(C)[C@H](C)N(C2CCCCC2)[C@H]1CC. The minimum Gasteiger partial charge on any atom is -0.290 e. The van der Waals surface area contributed by atoms with Gasteiger partial charge in [-0.15, -0.1) is 0 Å². The van der Waals surface area contributed by atoms with Crippen molar-refractivity contribution < 1.29 is 0 Å². The summed E-state index contributed by atoms with van der Waals surface area (Å²) in [4.78, 5) is 2.91. The third kappa shape index (κ3) is 2.77. The molecule has 0 unspecified atom stereocenters. The molecule has 1 aliphatic carbocycles. The Bertz CT molecular complexity index is 325. The van der Waals surface area contributed by atoms with Crippen LogP contribution in [-0.2, 0) is 0 Å². The Balaban J connectivity index is 2.29. The Kier molecular flexibility index (Phi) is 5.11. The van der Waals surface area contributed by atoms with E-state index in [0.29, 0.717) is 6.04 Å². The maximum absolute atomic E-state index is 2.91. The summed E-state index contributed by atoms with van der Waals surface area (Å²) in [5.74, 6) is 0.795. The largest absolute Gasteiger partial charge is 0.290 e. The standard InChI is InChI=1S/C18H33N/c1-6-17-14(4)13(3)15(5)19(18(17)7-2)16-11-9-8-10-12-16/h15-18H,6-12H2,1-5H3/t15-,17+,18-/m0/s1. The number of hydrogen-bond donors (Lipinski definition) is 0. The lowest BCUT2D eigenvalue weighted by Crippen LogP contribution is -2.55. The van der Waals surface area contributed by atoms with Crippen LogP contribution >= 0.6 is 0 Å². The summed E-state index contributed by atoms with van der Waals surface area (Å²) in [5.41, 5.74) is 3.34. The Morgan fingerprint density at radius 2 is 1.58 bits per heavy atom. The molecule has 0 N–H and O–H groups in total. The van der Waals surface area contributed by atoms with E-state index in [4.69, 9.17) is 0 Å². The van der Waals surface area contributed by atoms with Gasteiger partial charge in [-0.2, -0.15) is 0 Å². The Morgan fingerprint density at radius 3 is 2.11 bits per heavy atom. The number of nitrogens with zero attached hydrogens (tertiary/aromatic N) is 1. The van der Waals surface area contributed by atoms with E-state index in [0.717, 1.165) is 18.0 Å². The van der Waals surface area contributed by atoms with Crippen LogP contribution in [0.2, 0.25) is 0 Å². The second-order valence-corrected chi connectivity index (χ2v) is 6.77. The van der Waals surface area contributed by atoms with Crippen molar-refractivity contribution in [2.24, 2.45) is 5.92 Å². The van der Waals surface area contributed by atoms with E-state index in [1.807, 2.05) is 0 Å². The zero-order valence-electron chi connectivity index (χ0n) is 13.7. The van der Waals surface area contributed by atoms with Crippen LogP contribution in [0.4, 0.5) is 0 Å². The van der Waals surface area contributed by atoms with Crippen molar-refractivity contribution in [1.29, 1.82) is 0 Å². The predicted molar refractivity (Wildman–Crippen MR) is 84.4 cm³/mol. The highest BCUT2D eigenvalue weighted by molar-refractivity contribution is 5.24. The molecule has 2 aliphatic rings. The average molecular weight is 263 g/mol. The van der Waals surface area contributed by atoms with E-state index in [-0.39, 0.29) is 0 Å². The van der Waals surface area contributed by atoms with Crippen molar-refractivity contribution in [2.45, 2.75) is 97.7 Å². The minimum absolute atomic E-state index is 0.663. The molecule has 1 heterocycles. The normalized spacial score (nSPS) is 34.9. The molecule has 0 spiro atoms. The van der Waals surface area contributed by atoms with Crippen molar-refractivity contribution in [3.8, 4) is 0 Å². The monoisotopic (exact) mass is 263 g/mol. The van der Waals surface area contributed by atoms with Gasteiger partial charge in [0.05, 0.1) is 0 Å². The summed E-state index contributed by atoms with van der Waals surface area (Å²) in [7, 11) is 0. The summed E-state index contributed by atoms with van der Waals surface area (Å²) < 4.78 is 0. The molecule has 0 aromatic carbocycles. The molecule has 110 valence electrons. The molecule has 0 amide bonds. The summed E-state index contributed by atoms with van der Waals surface area (Å²) in [5, 5.41) is 0. The van der Waals surface area contributed by atoms with Gasteiger partial charge in [-0.1, -0.05) is 44.3 Å². The highest BCUT2D eigenvalue weighted by Crippen LogP contribution is 2.40. The maximum Gasteiger partial charge on any atom is 0.0285 e. The van der Waals surface area contributed by atoms with Crippen LogP contribution < -0.4 is 0 Å². The smallest absolute Gasteiger partial charge is 0.0285 e. The van der Waals surface area contributed by atoms with Crippen molar-refractivity contribution in [3.05, 3.63) is 11.1 Å². The fourth-order valence-electron chi connectivity index (χ4n) is 4.67. The molecular weight excluding hydrogens is 230 g/mol. The van der Waals surface area contributed by atoms with Crippen LogP contribution in [0.25, 0.3) is 0 Å². The van der Waals surface area contributed by atoms with Crippen LogP contribution in [0.5, 0.6) is 0 Å². The summed E-state index contributed by atoms with van der Waals surface area (Å²) in [6.07, 6.45) is 9.83. The highest BCUT2D eigenvalue weighted by atomic mass is 15.2. The first-order valence-corrected chi connectivity index (χ1v) is 8.56. The van der Waals surface area contributed by atoms with Crippen molar-refractivity contribution in [2.75, 3.05) is 0 Å². The van der Waals surface area contributed by atoms with Crippen LogP contribution in [0, 0.1) is 5.92 Å². The van der Waals surface area contributed by atoms with Gasteiger partial charge in [0.25, 0.3) is 0 Å². The lowest BCUT2D eigenvalue weighted by molar-refractivity contribution is 0.0378. The molecule has 1 saturated carbocycles. The first-order valence-electron chi connectivity index (χ1n) is 8.56. The maximum atomic E-state index is 2.91. The molecule has 0 aromatic rings. The molecule has 3 atom stereocenters. The fraction of sp³-hybridized carbons (Fsp3) is 0.889. The Morgan fingerprint density at radius 1 is 0.947 bits per heavy atom. The first-order chi connectivity index (χ1) is 9.11. The quantitative estimate of drug-likeness (QED) is 0.635. The van der Waals surface area contributed by atoms with E-state index in [1.54, 1.807) is 11.1 Å². The van der Waals surface area contributed by atoms with E-state index < -0.39 is 0 Å². The van der Waals surface area contributed by atoms with Gasteiger partial charge in [0.1, 0.15) is 0 Å². The number of hydrogen-bond acceptors (Lipinski definition) is 1. The summed E-state index contributed by atoms with van der Waals surface area (Å²) in [6.45, 7) is 12.0. The van der Waals surface area contributed by atoms with Gasteiger partial charge < -0.3 is 0 Å².